The molecule has 25 heavy (non-hydrogen) atoms. The second-order valence-electron chi connectivity index (χ2n) is 4.70. The minimum absolute atomic E-state index is 0.0414. The monoisotopic (exact) mass is 355 g/mol. The molecule has 0 heterocycles. The lowest BCUT2D eigenvalue weighted by atomic mass is 10.2. The van der Waals surface area contributed by atoms with Crippen LogP contribution in [0.1, 0.15) is 0 Å². The summed E-state index contributed by atoms with van der Waals surface area (Å²) in [7, 11) is 0. The van der Waals surface area contributed by atoms with Crippen LogP contribution in [0.4, 0.5) is 30.2 Å². The molecule has 0 unspecified atom stereocenters. The minimum atomic E-state index is -3.05. The lowest BCUT2D eigenvalue weighted by Gasteiger charge is -2.12. The highest BCUT2D eigenvalue weighted by Gasteiger charge is 2.15. The molecule has 2 N–H and O–H groups in total. The predicted octanol–water partition coefficient (Wildman–Crippen LogP) is 3.39. The van der Waals surface area contributed by atoms with Crippen LogP contribution in [0.25, 0.3) is 0 Å². The minimum Gasteiger partial charge on any atom is -0.433 e. The second kappa shape index (κ2) is 7.99. The molecule has 10 heteroatoms. The molecule has 0 fully saturated rings. The van der Waals surface area contributed by atoms with E-state index < -0.39 is 28.9 Å². The fourth-order valence-corrected chi connectivity index (χ4v) is 1.91. The molecule has 0 aromatic heterocycles. The number of anilines is 2. The van der Waals surface area contributed by atoms with Crippen molar-refractivity contribution >= 4 is 23.0 Å². The molecule has 0 aliphatic heterocycles. The Labute approximate surface area is 139 Å². The van der Waals surface area contributed by atoms with Crippen molar-refractivity contribution in [2.75, 3.05) is 17.2 Å². The van der Waals surface area contributed by atoms with Gasteiger partial charge in [-0.25, -0.2) is 0 Å². The summed E-state index contributed by atoms with van der Waals surface area (Å²) in [5, 5.41) is 15.6. The van der Waals surface area contributed by atoms with E-state index in [2.05, 4.69) is 15.4 Å². The van der Waals surface area contributed by atoms with Gasteiger partial charge in [0, 0.05) is 11.8 Å². The molecular formula is C15H12F3N3O4. The number of hydrogen-bond donors (Lipinski definition) is 2. The SMILES string of the molecule is O=C(CNc1ccc(F)c([N+](=O)[O-])c1)Nc1ccccc1OC(F)F. The fraction of sp³-hybridized carbons (Fsp3) is 0.133. The van der Waals surface area contributed by atoms with Gasteiger partial charge in [0.1, 0.15) is 5.75 Å². The van der Waals surface area contributed by atoms with Gasteiger partial charge in [0.2, 0.25) is 11.7 Å². The van der Waals surface area contributed by atoms with Gasteiger partial charge in [0.15, 0.2) is 0 Å². The van der Waals surface area contributed by atoms with Gasteiger partial charge < -0.3 is 15.4 Å². The molecule has 7 nitrogen and oxygen atoms in total. The molecule has 0 spiro atoms. The number of nitro benzene ring substituents is 1. The van der Waals surface area contributed by atoms with Gasteiger partial charge in [-0.3, -0.25) is 14.9 Å². The Hall–Kier alpha value is -3.30. The van der Waals surface area contributed by atoms with Crippen LogP contribution in [-0.2, 0) is 4.79 Å². The molecule has 1 amide bonds. The number of nitro groups is 1. The molecule has 2 aromatic carbocycles. The first-order chi connectivity index (χ1) is 11.9. The fourth-order valence-electron chi connectivity index (χ4n) is 1.91. The quantitative estimate of drug-likeness (QED) is 0.587. The third-order valence-corrected chi connectivity index (χ3v) is 2.97. The number of benzene rings is 2. The third-order valence-electron chi connectivity index (χ3n) is 2.97. The van der Waals surface area contributed by atoms with Gasteiger partial charge in [-0.1, -0.05) is 12.1 Å². The lowest BCUT2D eigenvalue weighted by molar-refractivity contribution is -0.387. The molecule has 132 valence electrons. The van der Waals surface area contributed by atoms with Crippen molar-refractivity contribution < 1.29 is 27.6 Å². The topological polar surface area (TPSA) is 93.5 Å². The number of halogens is 3. The Kier molecular flexibility index (Phi) is 5.77. The van der Waals surface area contributed by atoms with E-state index in [-0.39, 0.29) is 23.7 Å². The molecule has 0 aliphatic rings. The van der Waals surface area contributed by atoms with E-state index in [9.17, 15) is 28.1 Å². The zero-order valence-corrected chi connectivity index (χ0v) is 12.5. The number of ether oxygens (including phenoxy) is 1. The van der Waals surface area contributed by atoms with Crippen LogP contribution >= 0.6 is 0 Å². The molecule has 0 radical (unpaired) electrons. The lowest BCUT2D eigenvalue weighted by Crippen LogP contribution is -2.22. The highest BCUT2D eigenvalue weighted by molar-refractivity contribution is 5.95. The number of hydrogen-bond acceptors (Lipinski definition) is 5. The number of amides is 1. The van der Waals surface area contributed by atoms with Crippen LogP contribution in [0.3, 0.4) is 0 Å². The summed E-state index contributed by atoms with van der Waals surface area (Å²) in [6.07, 6.45) is 0. The molecule has 0 saturated carbocycles. The smallest absolute Gasteiger partial charge is 0.387 e. The summed E-state index contributed by atoms with van der Waals surface area (Å²) < 4.78 is 42.1. The number of alkyl halides is 2. The first-order valence-corrected chi connectivity index (χ1v) is 6.88. The number of nitrogens with one attached hydrogen (secondary N) is 2. The maximum Gasteiger partial charge on any atom is 0.387 e. The second-order valence-corrected chi connectivity index (χ2v) is 4.70. The number of para-hydroxylation sites is 2. The number of nitrogens with zero attached hydrogens (tertiary/aromatic N) is 1. The Morgan fingerprint density at radius 2 is 1.96 bits per heavy atom. The normalized spacial score (nSPS) is 10.4. The van der Waals surface area contributed by atoms with Crippen molar-refractivity contribution in [2.24, 2.45) is 0 Å². The average molecular weight is 355 g/mol. The summed E-state index contributed by atoms with van der Waals surface area (Å²) in [5.41, 5.74) is -0.541. The predicted molar refractivity (Wildman–Crippen MR) is 83.2 cm³/mol. The third kappa shape index (κ3) is 5.09. The van der Waals surface area contributed by atoms with Gasteiger partial charge in [-0.2, -0.15) is 13.2 Å². The number of carbonyl (C=O) groups excluding carboxylic acids is 1. The molecular weight excluding hydrogens is 343 g/mol. The van der Waals surface area contributed by atoms with Gasteiger partial charge in [-0.15, -0.1) is 0 Å². The van der Waals surface area contributed by atoms with Crippen molar-refractivity contribution in [1.29, 1.82) is 0 Å². The van der Waals surface area contributed by atoms with E-state index in [0.717, 1.165) is 12.1 Å². The van der Waals surface area contributed by atoms with Crippen LogP contribution in [0.5, 0.6) is 5.75 Å². The van der Waals surface area contributed by atoms with E-state index in [1.807, 2.05) is 0 Å². The highest BCUT2D eigenvalue weighted by atomic mass is 19.3. The average Bonchev–Trinajstić information content (AvgIpc) is 2.55. The number of rotatable bonds is 7. The van der Waals surface area contributed by atoms with Crippen molar-refractivity contribution in [2.45, 2.75) is 6.61 Å². The molecule has 0 aliphatic carbocycles. The van der Waals surface area contributed by atoms with Crippen LogP contribution in [0, 0.1) is 15.9 Å². The van der Waals surface area contributed by atoms with Crippen molar-refractivity contribution in [3.63, 3.8) is 0 Å². The Balaban J connectivity index is 2.00. The van der Waals surface area contributed by atoms with Gasteiger partial charge in [-0.05, 0) is 24.3 Å². The van der Waals surface area contributed by atoms with Crippen LogP contribution in [0.15, 0.2) is 42.5 Å². The molecule has 2 rings (SSSR count). The Bertz CT molecular complexity index is 786. The maximum atomic E-state index is 13.2. The van der Waals surface area contributed by atoms with Crippen molar-refractivity contribution in [1.82, 2.24) is 0 Å². The molecule has 0 bridgehead atoms. The standard InChI is InChI=1S/C15H12F3N3O4/c16-10-6-5-9(7-12(10)21(23)24)19-8-14(22)20-11-3-1-2-4-13(11)25-15(17)18/h1-7,15,19H,8H2,(H,20,22). The first-order valence-electron chi connectivity index (χ1n) is 6.88. The van der Waals surface area contributed by atoms with Gasteiger partial charge in [0.05, 0.1) is 17.2 Å². The molecule has 0 atom stereocenters. The summed E-state index contributed by atoms with van der Waals surface area (Å²) in [4.78, 5) is 21.7. The maximum absolute atomic E-state index is 13.2. The zero-order chi connectivity index (χ0) is 18.4. The van der Waals surface area contributed by atoms with Crippen molar-refractivity contribution in [3.05, 3.63) is 58.4 Å². The van der Waals surface area contributed by atoms with E-state index in [1.54, 1.807) is 0 Å². The largest absolute Gasteiger partial charge is 0.433 e. The molecule has 0 saturated heterocycles. The Morgan fingerprint density at radius 3 is 2.64 bits per heavy atom. The summed E-state index contributed by atoms with van der Waals surface area (Å²) >= 11 is 0. The zero-order valence-electron chi connectivity index (χ0n) is 12.5. The van der Waals surface area contributed by atoms with Crippen LogP contribution < -0.4 is 15.4 Å². The number of carbonyl (C=O) groups is 1. The highest BCUT2D eigenvalue weighted by Crippen LogP contribution is 2.25. The summed E-state index contributed by atoms with van der Waals surface area (Å²) in [5.74, 6) is -1.82. The van der Waals surface area contributed by atoms with Crippen LogP contribution in [-0.4, -0.2) is 24.0 Å². The van der Waals surface area contributed by atoms with Gasteiger partial charge >= 0.3 is 12.3 Å². The van der Waals surface area contributed by atoms with E-state index >= 15 is 0 Å². The van der Waals surface area contributed by atoms with E-state index in [1.165, 1.54) is 30.3 Å². The van der Waals surface area contributed by atoms with E-state index in [0.29, 0.717) is 0 Å². The van der Waals surface area contributed by atoms with Gasteiger partial charge in [0.25, 0.3) is 0 Å². The van der Waals surface area contributed by atoms with E-state index in [4.69, 9.17) is 0 Å². The summed E-state index contributed by atoms with van der Waals surface area (Å²) in [6, 6.07) is 8.68. The Morgan fingerprint density at radius 1 is 1.24 bits per heavy atom. The van der Waals surface area contributed by atoms with Crippen LogP contribution in [0.2, 0.25) is 0 Å². The summed E-state index contributed by atoms with van der Waals surface area (Å²) in [6.45, 7) is -3.37. The van der Waals surface area contributed by atoms with Crippen molar-refractivity contribution in [3.8, 4) is 5.75 Å². The first kappa shape index (κ1) is 18.0. The molecule has 2 aromatic rings.